The van der Waals surface area contributed by atoms with Crippen molar-refractivity contribution in [2.75, 3.05) is 5.73 Å². The molecule has 0 saturated heterocycles. The summed E-state index contributed by atoms with van der Waals surface area (Å²) in [6.45, 7) is 3.97. The maximum atomic E-state index is 12.5. The summed E-state index contributed by atoms with van der Waals surface area (Å²) >= 11 is 0. The number of hydrogen-bond acceptors (Lipinski definition) is 9. The lowest BCUT2D eigenvalue weighted by atomic mass is 10.1. The number of carbonyl (C=O) groups is 2. The van der Waals surface area contributed by atoms with Gasteiger partial charge in [-0.2, -0.15) is 14.3 Å². The van der Waals surface area contributed by atoms with Crippen LogP contribution in [0.1, 0.15) is 32.9 Å². The van der Waals surface area contributed by atoms with Crippen LogP contribution in [0.2, 0.25) is 0 Å². The van der Waals surface area contributed by atoms with Crippen LogP contribution in [0.25, 0.3) is 17.2 Å². The summed E-state index contributed by atoms with van der Waals surface area (Å²) in [7, 11) is 0. The Bertz CT molecular complexity index is 1590. The van der Waals surface area contributed by atoms with E-state index in [1.807, 2.05) is 30.3 Å². The van der Waals surface area contributed by atoms with Crippen molar-refractivity contribution >= 4 is 23.5 Å². The highest BCUT2D eigenvalue weighted by atomic mass is 16.2. The molecule has 4 N–H and O–H groups in total. The summed E-state index contributed by atoms with van der Waals surface area (Å²) in [6, 6.07) is 16.5. The summed E-state index contributed by atoms with van der Waals surface area (Å²) in [5.74, 6) is 0.154. The minimum atomic E-state index is -0.448. The van der Waals surface area contributed by atoms with Gasteiger partial charge in [-0.1, -0.05) is 42.5 Å². The van der Waals surface area contributed by atoms with E-state index in [-0.39, 0.29) is 12.4 Å². The van der Waals surface area contributed by atoms with Gasteiger partial charge in [0.2, 0.25) is 17.7 Å². The van der Waals surface area contributed by atoms with E-state index in [1.165, 1.54) is 9.31 Å². The third-order valence-electron chi connectivity index (χ3n) is 5.74. The summed E-state index contributed by atoms with van der Waals surface area (Å²) in [5, 5.41) is 16.7. The number of aromatic nitrogens is 8. The lowest BCUT2D eigenvalue weighted by Crippen LogP contribution is -2.42. The zero-order valence-electron chi connectivity index (χ0n) is 20.1. The standard InChI is InChI=1S/C24H23N11O2/c1-14-19(15(2)35-24(26-14)27-23(25)32-35)12-20(36)28-30-22(37)18-10-8-16(9-11-18)13-34-31-21(29-33-34)17-6-4-3-5-7-17/h3-11H,12-13H2,1-2H3,(H2,25,32)(H,28,36)(H,30,37). The number of rotatable bonds is 6. The van der Waals surface area contributed by atoms with Gasteiger partial charge in [0.25, 0.3) is 11.7 Å². The Kier molecular flexibility index (Phi) is 6.24. The lowest BCUT2D eigenvalue weighted by Gasteiger charge is -2.11. The number of fused-ring (bicyclic) bond motifs is 1. The van der Waals surface area contributed by atoms with Gasteiger partial charge in [0, 0.05) is 28.1 Å². The molecule has 0 aliphatic carbocycles. The fourth-order valence-electron chi connectivity index (χ4n) is 3.82. The number of benzene rings is 2. The highest BCUT2D eigenvalue weighted by Gasteiger charge is 2.16. The van der Waals surface area contributed by atoms with Gasteiger partial charge in [0.05, 0.1) is 13.0 Å². The van der Waals surface area contributed by atoms with E-state index in [9.17, 15) is 9.59 Å². The summed E-state index contributed by atoms with van der Waals surface area (Å²) in [6.07, 6.45) is -0.00450. The Hall–Kier alpha value is -5.20. The number of nitrogens with one attached hydrogen (secondary N) is 2. The molecule has 13 nitrogen and oxygen atoms in total. The van der Waals surface area contributed by atoms with E-state index < -0.39 is 11.8 Å². The Labute approximate surface area is 210 Å². The van der Waals surface area contributed by atoms with Crippen LogP contribution in [-0.4, -0.2) is 51.6 Å². The van der Waals surface area contributed by atoms with Gasteiger partial charge in [-0.05, 0) is 36.8 Å². The average Bonchev–Trinajstić information content (AvgIpc) is 3.52. The van der Waals surface area contributed by atoms with Crippen LogP contribution in [0.4, 0.5) is 5.95 Å². The Morgan fingerprint density at radius 3 is 2.46 bits per heavy atom. The second-order valence-corrected chi connectivity index (χ2v) is 8.33. The van der Waals surface area contributed by atoms with Crippen molar-refractivity contribution in [2.45, 2.75) is 26.8 Å². The summed E-state index contributed by atoms with van der Waals surface area (Å²) in [5.41, 5.74) is 14.7. The van der Waals surface area contributed by atoms with Gasteiger partial charge in [-0.3, -0.25) is 20.4 Å². The van der Waals surface area contributed by atoms with Crippen LogP contribution in [0.5, 0.6) is 0 Å². The van der Waals surface area contributed by atoms with Crippen LogP contribution in [-0.2, 0) is 17.8 Å². The van der Waals surface area contributed by atoms with E-state index in [0.717, 1.165) is 11.1 Å². The molecule has 0 radical (unpaired) electrons. The van der Waals surface area contributed by atoms with E-state index in [1.54, 1.807) is 38.1 Å². The fourth-order valence-corrected chi connectivity index (χ4v) is 3.82. The molecule has 5 rings (SSSR count). The first-order chi connectivity index (χ1) is 17.9. The molecule has 3 aromatic heterocycles. The van der Waals surface area contributed by atoms with Crippen molar-refractivity contribution in [2.24, 2.45) is 0 Å². The largest absolute Gasteiger partial charge is 0.366 e. The first-order valence-corrected chi connectivity index (χ1v) is 11.4. The zero-order valence-corrected chi connectivity index (χ0v) is 20.1. The van der Waals surface area contributed by atoms with E-state index in [2.05, 4.69) is 41.3 Å². The van der Waals surface area contributed by atoms with Gasteiger partial charge in [0.1, 0.15) is 0 Å². The smallest absolute Gasteiger partial charge is 0.269 e. The molecule has 0 spiro atoms. The van der Waals surface area contributed by atoms with Crippen LogP contribution >= 0.6 is 0 Å². The van der Waals surface area contributed by atoms with Crippen LogP contribution in [0, 0.1) is 13.8 Å². The molecule has 2 amide bonds. The number of nitrogens with zero attached hydrogens (tertiary/aromatic N) is 8. The second kappa shape index (κ2) is 9.81. The molecule has 0 bridgehead atoms. The molecule has 0 atom stereocenters. The van der Waals surface area contributed by atoms with Crippen molar-refractivity contribution in [3.63, 3.8) is 0 Å². The number of aryl methyl sites for hydroxylation is 2. The number of anilines is 1. The molecule has 37 heavy (non-hydrogen) atoms. The van der Waals surface area contributed by atoms with Crippen LogP contribution in [0.15, 0.2) is 54.6 Å². The van der Waals surface area contributed by atoms with Gasteiger partial charge in [-0.25, -0.2) is 4.98 Å². The monoisotopic (exact) mass is 497 g/mol. The quantitative estimate of drug-likeness (QED) is 0.290. The zero-order chi connectivity index (χ0) is 25.9. The Morgan fingerprint density at radius 1 is 0.946 bits per heavy atom. The SMILES string of the molecule is Cc1nc2nc(N)nn2c(C)c1CC(=O)NNC(=O)c1ccc(Cn2nnc(-c3ccccc3)n2)cc1. The molecule has 2 aromatic carbocycles. The lowest BCUT2D eigenvalue weighted by molar-refractivity contribution is -0.121. The predicted octanol–water partition coefficient (Wildman–Crippen LogP) is 1.03. The molecule has 0 aliphatic rings. The minimum absolute atomic E-state index is 0.00450. The van der Waals surface area contributed by atoms with E-state index in [0.29, 0.717) is 40.7 Å². The van der Waals surface area contributed by atoms with Gasteiger partial charge in [0.15, 0.2) is 0 Å². The number of nitrogen functional groups attached to an aromatic ring is 1. The van der Waals surface area contributed by atoms with Crippen molar-refractivity contribution in [3.05, 3.63) is 82.7 Å². The number of hydrogen-bond donors (Lipinski definition) is 3. The molecule has 0 unspecified atom stereocenters. The number of hydrazine groups is 1. The molecule has 0 fully saturated rings. The minimum Gasteiger partial charge on any atom is -0.366 e. The molecule has 0 saturated carbocycles. The summed E-state index contributed by atoms with van der Waals surface area (Å²) < 4.78 is 1.49. The molecule has 186 valence electrons. The molecular weight excluding hydrogens is 474 g/mol. The fraction of sp³-hybridized carbons (Fsp3) is 0.167. The highest BCUT2D eigenvalue weighted by molar-refractivity contribution is 5.95. The van der Waals surface area contributed by atoms with Crippen LogP contribution in [0.3, 0.4) is 0 Å². The molecule has 0 aliphatic heterocycles. The van der Waals surface area contributed by atoms with E-state index >= 15 is 0 Å². The summed E-state index contributed by atoms with van der Waals surface area (Å²) in [4.78, 5) is 34.9. The van der Waals surface area contributed by atoms with Crippen molar-refractivity contribution in [1.29, 1.82) is 0 Å². The third kappa shape index (κ3) is 5.10. The number of carbonyl (C=O) groups excluding carboxylic acids is 2. The van der Waals surface area contributed by atoms with Crippen molar-refractivity contribution < 1.29 is 9.59 Å². The number of amides is 2. The molecular formula is C24H23N11O2. The van der Waals surface area contributed by atoms with Crippen molar-refractivity contribution in [3.8, 4) is 11.4 Å². The average molecular weight is 498 g/mol. The van der Waals surface area contributed by atoms with Gasteiger partial charge < -0.3 is 5.73 Å². The first kappa shape index (κ1) is 23.5. The Balaban J connectivity index is 1.17. The normalized spacial score (nSPS) is 11.0. The topological polar surface area (TPSA) is 171 Å². The van der Waals surface area contributed by atoms with Crippen molar-refractivity contribution in [1.82, 2.24) is 50.6 Å². The number of tetrazole rings is 1. The highest BCUT2D eigenvalue weighted by Crippen LogP contribution is 2.15. The first-order valence-electron chi connectivity index (χ1n) is 11.4. The van der Waals surface area contributed by atoms with Gasteiger partial charge in [-0.15, -0.1) is 15.3 Å². The van der Waals surface area contributed by atoms with Gasteiger partial charge >= 0.3 is 0 Å². The molecule has 13 heteroatoms. The molecule has 5 aromatic rings. The van der Waals surface area contributed by atoms with Crippen LogP contribution < -0.4 is 16.6 Å². The predicted molar refractivity (Wildman–Crippen MR) is 133 cm³/mol. The number of nitrogens with two attached hydrogens (primary N) is 1. The van der Waals surface area contributed by atoms with E-state index in [4.69, 9.17) is 5.73 Å². The Morgan fingerprint density at radius 2 is 1.70 bits per heavy atom. The molecule has 3 heterocycles. The second-order valence-electron chi connectivity index (χ2n) is 8.33. The maximum absolute atomic E-state index is 12.5. The maximum Gasteiger partial charge on any atom is 0.269 e. The third-order valence-corrected chi connectivity index (χ3v) is 5.74.